The second kappa shape index (κ2) is 3.13. The molecule has 0 spiro atoms. The zero-order valence-electron chi connectivity index (χ0n) is 9.09. The summed E-state index contributed by atoms with van der Waals surface area (Å²) in [5.74, 6) is 0. The Labute approximate surface area is 81.8 Å². The second-order valence-electron chi connectivity index (χ2n) is 5.70. The van der Waals surface area contributed by atoms with Crippen LogP contribution in [0, 0.1) is 5.41 Å². The van der Waals surface area contributed by atoms with E-state index < -0.39 is 0 Å². The summed E-state index contributed by atoms with van der Waals surface area (Å²) in [6, 6.07) is 1.62. The molecule has 2 atom stereocenters. The summed E-state index contributed by atoms with van der Waals surface area (Å²) in [7, 11) is 0. The van der Waals surface area contributed by atoms with Gasteiger partial charge in [-0.2, -0.15) is 0 Å². The highest BCUT2D eigenvalue weighted by atomic mass is 15.2. The molecule has 1 heteroatoms. The largest absolute Gasteiger partial charge is 0.293 e. The quantitative estimate of drug-likeness (QED) is 0.559. The maximum atomic E-state index is 2.71. The number of hydrogen-bond acceptors (Lipinski definition) is 1. The van der Waals surface area contributed by atoms with Crippen molar-refractivity contribution in [3.8, 4) is 0 Å². The minimum absolute atomic E-state index is 0.450. The Kier molecular flexibility index (Phi) is 2.23. The van der Waals surface area contributed by atoms with Crippen molar-refractivity contribution in [1.29, 1.82) is 0 Å². The lowest BCUT2D eigenvalue weighted by molar-refractivity contribution is 0.145. The SMILES string of the molecule is CC(C)(C)CN1C2C=CCC1CC2. The van der Waals surface area contributed by atoms with Gasteiger partial charge in [0.25, 0.3) is 0 Å². The molecule has 2 unspecified atom stereocenters. The Morgan fingerprint density at radius 2 is 2.08 bits per heavy atom. The normalized spacial score (nSPS) is 34.1. The van der Waals surface area contributed by atoms with Crippen molar-refractivity contribution in [3.63, 3.8) is 0 Å². The van der Waals surface area contributed by atoms with E-state index in [0.29, 0.717) is 5.41 Å². The predicted molar refractivity (Wildman–Crippen MR) is 56.7 cm³/mol. The highest BCUT2D eigenvalue weighted by Gasteiger charge is 2.35. The molecule has 0 N–H and O–H groups in total. The Morgan fingerprint density at radius 3 is 2.69 bits per heavy atom. The van der Waals surface area contributed by atoms with E-state index in [1.165, 1.54) is 25.8 Å². The monoisotopic (exact) mass is 179 g/mol. The van der Waals surface area contributed by atoms with Gasteiger partial charge in [-0.25, -0.2) is 0 Å². The molecule has 0 aromatic rings. The molecular formula is C12H21N. The molecule has 2 aliphatic rings. The van der Waals surface area contributed by atoms with Crippen LogP contribution < -0.4 is 0 Å². The van der Waals surface area contributed by atoms with Gasteiger partial charge in [0.2, 0.25) is 0 Å². The molecule has 0 radical (unpaired) electrons. The predicted octanol–water partition coefficient (Wildman–Crippen LogP) is 2.83. The van der Waals surface area contributed by atoms with Gasteiger partial charge in [-0.05, 0) is 24.7 Å². The van der Waals surface area contributed by atoms with Crippen molar-refractivity contribution in [2.45, 2.75) is 52.1 Å². The maximum absolute atomic E-state index is 2.71. The van der Waals surface area contributed by atoms with Crippen LogP contribution in [0.1, 0.15) is 40.0 Å². The van der Waals surface area contributed by atoms with Crippen molar-refractivity contribution in [2.24, 2.45) is 5.41 Å². The third-order valence-corrected chi connectivity index (χ3v) is 3.11. The summed E-state index contributed by atoms with van der Waals surface area (Å²) in [6.45, 7) is 8.27. The molecule has 2 rings (SSSR count). The molecule has 0 saturated carbocycles. The van der Waals surface area contributed by atoms with E-state index in [1.807, 2.05) is 0 Å². The first-order chi connectivity index (χ1) is 6.06. The van der Waals surface area contributed by atoms with Crippen molar-refractivity contribution in [3.05, 3.63) is 12.2 Å². The highest BCUT2D eigenvalue weighted by Crippen LogP contribution is 2.33. The summed E-state index contributed by atoms with van der Waals surface area (Å²) in [4.78, 5) is 2.71. The van der Waals surface area contributed by atoms with Crippen LogP contribution in [0.25, 0.3) is 0 Å². The van der Waals surface area contributed by atoms with Gasteiger partial charge in [0.05, 0.1) is 0 Å². The topological polar surface area (TPSA) is 3.24 Å². The summed E-state index contributed by atoms with van der Waals surface area (Å²) in [6.07, 6.45) is 8.87. The van der Waals surface area contributed by atoms with Gasteiger partial charge in [-0.15, -0.1) is 0 Å². The molecule has 1 fully saturated rings. The average Bonchev–Trinajstić information content (AvgIpc) is 2.29. The van der Waals surface area contributed by atoms with Gasteiger partial charge in [0.15, 0.2) is 0 Å². The zero-order valence-corrected chi connectivity index (χ0v) is 9.09. The Morgan fingerprint density at radius 1 is 1.31 bits per heavy atom. The lowest BCUT2D eigenvalue weighted by Crippen LogP contribution is -2.42. The first-order valence-corrected chi connectivity index (χ1v) is 5.49. The van der Waals surface area contributed by atoms with Gasteiger partial charge < -0.3 is 0 Å². The van der Waals surface area contributed by atoms with Crippen LogP contribution >= 0.6 is 0 Å². The molecule has 1 nitrogen and oxygen atoms in total. The lowest BCUT2D eigenvalue weighted by Gasteiger charge is -2.36. The van der Waals surface area contributed by atoms with Crippen molar-refractivity contribution >= 4 is 0 Å². The lowest BCUT2D eigenvalue weighted by atomic mass is 9.94. The van der Waals surface area contributed by atoms with Crippen molar-refractivity contribution < 1.29 is 0 Å². The number of rotatable bonds is 1. The molecule has 2 aliphatic heterocycles. The van der Waals surface area contributed by atoms with E-state index in [9.17, 15) is 0 Å². The average molecular weight is 179 g/mol. The van der Waals surface area contributed by atoms with E-state index in [2.05, 4.69) is 37.8 Å². The number of nitrogens with zero attached hydrogens (tertiary/aromatic N) is 1. The Bertz CT molecular complexity index is 212. The molecular weight excluding hydrogens is 158 g/mol. The van der Waals surface area contributed by atoms with Gasteiger partial charge >= 0.3 is 0 Å². The molecule has 0 aromatic heterocycles. The van der Waals surface area contributed by atoms with E-state index in [0.717, 1.165) is 12.1 Å². The van der Waals surface area contributed by atoms with Gasteiger partial charge in [-0.1, -0.05) is 32.9 Å². The molecule has 2 bridgehead atoms. The van der Waals surface area contributed by atoms with Gasteiger partial charge in [-0.3, -0.25) is 4.90 Å². The third kappa shape index (κ3) is 1.96. The van der Waals surface area contributed by atoms with E-state index >= 15 is 0 Å². The standard InChI is InChI=1S/C12H21N/c1-12(2,3)9-13-10-5-4-6-11(13)8-7-10/h4-5,10-11H,6-9H2,1-3H3. The van der Waals surface area contributed by atoms with Crippen LogP contribution in [0.2, 0.25) is 0 Å². The highest BCUT2D eigenvalue weighted by molar-refractivity contribution is 5.08. The minimum atomic E-state index is 0.450. The maximum Gasteiger partial charge on any atom is 0.0282 e. The number of hydrogen-bond donors (Lipinski definition) is 0. The fourth-order valence-corrected chi connectivity index (χ4v) is 2.61. The van der Waals surface area contributed by atoms with Crippen LogP contribution in [0.5, 0.6) is 0 Å². The van der Waals surface area contributed by atoms with E-state index in [-0.39, 0.29) is 0 Å². The van der Waals surface area contributed by atoms with Gasteiger partial charge in [0.1, 0.15) is 0 Å². The van der Waals surface area contributed by atoms with Crippen LogP contribution in [0.15, 0.2) is 12.2 Å². The van der Waals surface area contributed by atoms with Crippen LogP contribution in [-0.2, 0) is 0 Å². The molecule has 13 heavy (non-hydrogen) atoms. The zero-order chi connectivity index (χ0) is 9.47. The molecule has 0 aliphatic carbocycles. The first kappa shape index (κ1) is 9.26. The van der Waals surface area contributed by atoms with Crippen molar-refractivity contribution in [2.75, 3.05) is 6.54 Å². The summed E-state index contributed by atoms with van der Waals surface area (Å²) >= 11 is 0. The number of fused-ring (bicyclic) bond motifs is 2. The van der Waals surface area contributed by atoms with Crippen LogP contribution in [-0.4, -0.2) is 23.5 Å². The van der Waals surface area contributed by atoms with E-state index in [4.69, 9.17) is 0 Å². The van der Waals surface area contributed by atoms with Crippen LogP contribution in [0.4, 0.5) is 0 Å². The molecule has 2 heterocycles. The third-order valence-electron chi connectivity index (χ3n) is 3.11. The Hall–Kier alpha value is -0.300. The summed E-state index contributed by atoms with van der Waals surface area (Å²) < 4.78 is 0. The Balaban J connectivity index is 2.04. The van der Waals surface area contributed by atoms with Gasteiger partial charge in [0, 0.05) is 18.6 Å². The summed E-state index contributed by atoms with van der Waals surface area (Å²) in [5, 5.41) is 0. The molecule has 0 amide bonds. The minimum Gasteiger partial charge on any atom is -0.293 e. The first-order valence-electron chi connectivity index (χ1n) is 5.49. The smallest absolute Gasteiger partial charge is 0.0282 e. The fourth-order valence-electron chi connectivity index (χ4n) is 2.61. The molecule has 1 saturated heterocycles. The van der Waals surface area contributed by atoms with Crippen LogP contribution in [0.3, 0.4) is 0 Å². The van der Waals surface area contributed by atoms with Crippen molar-refractivity contribution in [1.82, 2.24) is 4.90 Å². The van der Waals surface area contributed by atoms with E-state index in [1.54, 1.807) is 0 Å². The molecule has 74 valence electrons. The second-order valence-corrected chi connectivity index (χ2v) is 5.70. The summed E-state index contributed by atoms with van der Waals surface area (Å²) in [5.41, 5.74) is 0.450. The molecule has 0 aromatic carbocycles. The fraction of sp³-hybridized carbons (Fsp3) is 0.833.